The van der Waals surface area contributed by atoms with Crippen LogP contribution in [0.5, 0.6) is 0 Å². The monoisotopic (exact) mass is 429 g/mol. The van der Waals surface area contributed by atoms with Gasteiger partial charge in [0.1, 0.15) is 12.4 Å². The lowest BCUT2D eigenvalue weighted by Crippen LogP contribution is -2.14. The number of aromatic nitrogens is 4. The smallest absolute Gasteiger partial charge is 0.412 e. The first-order valence-corrected chi connectivity index (χ1v) is 11.0. The summed E-state index contributed by atoms with van der Waals surface area (Å²) in [5, 5.41) is 7.41. The van der Waals surface area contributed by atoms with Crippen LogP contribution in [0.3, 0.4) is 0 Å². The van der Waals surface area contributed by atoms with Crippen molar-refractivity contribution >= 4 is 22.8 Å². The lowest BCUT2D eigenvalue weighted by Gasteiger charge is -2.13. The fourth-order valence-electron chi connectivity index (χ4n) is 4.42. The molecule has 2 aromatic carbocycles. The molecule has 0 saturated carbocycles. The molecule has 5 rings (SSSR count). The minimum Gasteiger partial charge on any atom is -0.443 e. The standard InChI is InChI=1S/C25H27N5O2/c1-16-7-9-20(17(2)12-16)21-14-19(29(3)28-21)15-32-25(31)26-18-8-10-23-22(13-18)27-24-6-4-5-11-30(23)24/h7-10,12-14H,4-6,11,15H2,1-3H3,(H,26,31). The first-order chi connectivity index (χ1) is 15.5. The molecule has 1 aliphatic rings. The van der Waals surface area contributed by atoms with Crippen LogP contribution in [-0.2, 0) is 31.4 Å². The van der Waals surface area contributed by atoms with Crippen LogP contribution in [-0.4, -0.2) is 25.4 Å². The Kier molecular flexibility index (Phi) is 5.17. The van der Waals surface area contributed by atoms with Crippen molar-refractivity contribution in [2.24, 2.45) is 7.05 Å². The van der Waals surface area contributed by atoms with E-state index in [9.17, 15) is 4.79 Å². The number of aryl methyl sites for hydroxylation is 5. The number of benzene rings is 2. The summed E-state index contributed by atoms with van der Waals surface area (Å²) in [5.41, 5.74) is 7.88. The Balaban J connectivity index is 1.26. The van der Waals surface area contributed by atoms with E-state index in [4.69, 9.17) is 9.72 Å². The summed E-state index contributed by atoms with van der Waals surface area (Å²) >= 11 is 0. The number of hydrogen-bond donors (Lipinski definition) is 1. The Bertz CT molecular complexity index is 1320. The second kappa shape index (κ2) is 8.15. The van der Waals surface area contributed by atoms with Crippen molar-refractivity contribution in [3.05, 3.63) is 65.1 Å². The van der Waals surface area contributed by atoms with Crippen molar-refractivity contribution in [1.29, 1.82) is 0 Å². The second-order valence-corrected chi connectivity index (χ2v) is 8.50. The van der Waals surface area contributed by atoms with Crippen LogP contribution >= 0.6 is 0 Å². The van der Waals surface area contributed by atoms with Crippen molar-refractivity contribution in [2.75, 3.05) is 5.32 Å². The largest absolute Gasteiger partial charge is 0.443 e. The molecule has 164 valence electrons. The van der Waals surface area contributed by atoms with Crippen molar-refractivity contribution in [3.63, 3.8) is 0 Å². The van der Waals surface area contributed by atoms with Crippen LogP contribution in [0.4, 0.5) is 10.5 Å². The molecule has 0 spiro atoms. The van der Waals surface area contributed by atoms with Gasteiger partial charge in [-0.2, -0.15) is 5.10 Å². The van der Waals surface area contributed by atoms with Gasteiger partial charge in [0.15, 0.2) is 0 Å². The number of carbonyl (C=O) groups is 1. The van der Waals surface area contributed by atoms with E-state index in [1.165, 1.54) is 24.0 Å². The zero-order valence-electron chi connectivity index (χ0n) is 18.7. The third kappa shape index (κ3) is 3.86. The fraction of sp³-hybridized carbons (Fsp3) is 0.320. The Hall–Kier alpha value is -3.61. The van der Waals surface area contributed by atoms with E-state index in [-0.39, 0.29) is 6.61 Å². The Morgan fingerprint density at radius 2 is 2.00 bits per heavy atom. The Morgan fingerprint density at radius 3 is 2.84 bits per heavy atom. The van der Waals surface area contributed by atoms with E-state index in [2.05, 4.69) is 47.0 Å². The number of fused-ring (bicyclic) bond motifs is 3. The molecule has 0 saturated heterocycles. The molecule has 4 aromatic rings. The van der Waals surface area contributed by atoms with Gasteiger partial charge in [0.2, 0.25) is 0 Å². The molecule has 0 bridgehead atoms. The highest BCUT2D eigenvalue weighted by Gasteiger charge is 2.16. The van der Waals surface area contributed by atoms with Gasteiger partial charge in [-0.1, -0.05) is 23.8 Å². The minimum absolute atomic E-state index is 0.140. The SMILES string of the molecule is Cc1ccc(-c2cc(COC(=O)Nc3ccc4c(c3)nc3n4CCCC3)n(C)n2)c(C)c1. The normalized spacial score (nSPS) is 13.2. The van der Waals surface area contributed by atoms with E-state index in [0.29, 0.717) is 5.69 Å². The van der Waals surface area contributed by atoms with E-state index in [1.807, 2.05) is 31.3 Å². The van der Waals surface area contributed by atoms with E-state index < -0.39 is 6.09 Å². The topological polar surface area (TPSA) is 74.0 Å². The summed E-state index contributed by atoms with van der Waals surface area (Å²) in [4.78, 5) is 17.1. The highest BCUT2D eigenvalue weighted by atomic mass is 16.5. The number of ether oxygens (including phenoxy) is 1. The van der Waals surface area contributed by atoms with Crippen LogP contribution in [0.25, 0.3) is 22.3 Å². The number of rotatable bonds is 4. The molecule has 2 aromatic heterocycles. The van der Waals surface area contributed by atoms with E-state index >= 15 is 0 Å². The first kappa shape index (κ1) is 20.3. The van der Waals surface area contributed by atoms with Crippen molar-refractivity contribution < 1.29 is 9.53 Å². The molecule has 1 N–H and O–H groups in total. The summed E-state index contributed by atoms with van der Waals surface area (Å²) in [6, 6.07) is 14.1. The van der Waals surface area contributed by atoms with Gasteiger partial charge in [0.25, 0.3) is 0 Å². The molecule has 32 heavy (non-hydrogen) atoms. The van der Waals surface area contributed by atoms with Gasteiger partial charge < -0.3 is 9.30 Å². The third-order valence-electron chi connectivity index (χ3n) is 6.09. The Morgan fingerprint density at radius 1 is 1.12 bits per heavy atom. The zero-order valence-corrected chi connectivity index (χ0v) is 18.7. The van der Waals surface area contributed by atoms with Gasteiger partial charge in [-0.3, -0.25) is 10.00 Å². The fourth-order valence-corrected chi connectivity index (χ4v) is 4.42. The molecule has 0 aliphatic carbocycles. The van der Waals surface area contributed by atoms with Gasteiger partial charge in [-0.15, -0.1) is 0 Å². The van der Waals surface area contributed by atoms with Gasteiger partial charge in [-0.25, -0.2) is 9.78 Å². The summed E-state index contributed by atoms with van der Waals surface area (Å²) in [7, 11) is 1.86. The Labute approximate surface area is 187 Å². The predicted molar refractivity (Wildman–Crippen MR) is 125 cm³/mol. The maximum absolute atomic E-state index is 12.4. The van der Waals surface area contributed by atoms with Crippen LogP contribution in [0.2, 0.25) is 0 Å². The highest BCUT2D eigenvalue weighted by Crippen LogP contribution is 2.26. The van der Waals surface area contributed by atoms with Crippen molar-refractivity contribution in [3.8, 4) is 11.3 Å². The van der Waals surface area contributed by atoms with Gasteiger partial charge in [0, 0.05) is 31.3 Å². The lowest BCUT2D eigenvalue weighted by molar-refractivity contribution is 0.152. The van der Waals surface area contributed by atoms with Crippen LogP contribution < -0.4 is 5.32 Å². The number of imidazole rings is 1. The second-order valence-electron chi connectivity index (χ2n) is 8.50. The molecular formula is C25H27N5O2. The molecular weight excluding hydrogens is 402 g/mol. The highest BCUT2D eigenvalue weighted by molar-refractivity contribution is 5.89. The molecule has 0 fully saturated rings. The first-order valence-electron chi connectivity index (χ1n) is 11.0. The predicted octanol–water partition coefficient (Wildman–Crippen LogP) is 5.14. The number of nitrogens with one attached hydrogen (secondary N) is 1. The van der Waals surface area contributed by atoms with Crippen LogP contribution in [0.15, 0.2) is 42.5 Å². The quantitative estimate of drug-likeness (QED) is 0.488. The third-order valence-corrected chi connectivity index (χ3v) is 6.09. The molecule has 0 unspecified atom stereocenters. The van der Waals surface area contributed by atoms with E-state index in [0.717, 1.165) is 46.8 Å². The number of hydrogen-bond acceptors (Lipinski definition) is 4. The minimum atomic E-state index is -0.498. The molecule has 7 heteroatoms. The molecule has 1 amide bonds. The maximum atomic E-state index is 12.4. The summed E-state index contributed by atoms with van der Waals surface area (Å²) < 4.78 is 9.50. The summed E-state index contributed by atoms with van der Waals surface area (Å²) in [6.07, 6.45) is 2.88. The summed E-state index contributed by atoms with van der Waals surface area (Å²) in [5.74, 6) is 1.13. The number of carbonyl (C=O) groups excluding carboxylic acids is 1. The molecule has 7 nitrogen and oxygen atoms in total. The molecule has 1 aliphatic heterocycles. The zero-order chi connectivity index (χ0) is 22.2. The molecule has 0 atom stereocenters. The van der Waals surface area contributed by atoms with Gasteiger partial charge in [0.05, 0.1) is 22.4 Å². The van der Waals surface area contributed by atoms with Crippen molar-refractivity contribution in [2.45, 2.75) is 46.3 Å². The van der Waals surface area contributed by atoms with Crippen LogP contribution in [0, 0.1) is 13.8 Å². The number of anilines is 1. The maximum Gasteiger partial charge on any atom is 0.412 e. The summed E-state index contributed by atoms with van der Waals surface area (Å²) in [6.45, 7) is 5.30. The molecule has 3 heterocycles. The van der Waals surface area contributed by atoms with Gasteiger partial charge in [-0.05, 0) is 56.5 Å². The molecule has 0 radical (unpaired) electrons. The average Bonchev–Trinajstić information content (AvgIpc) is 3.31. The van der Waals surface area contributed by atoms with Gasteiger partial charge >= 0.3 is 6.09 Å². The number of nitrogens with zero attached hydrogens (tertiary/aromatic N) is 4. The lowest BCUT2D eigenvalue weighted by atomic mass is 10.0. The number of amides is 1. The van der Waals surface area contributed by atoms with E-state index in [1.54, 1.807) is 4.68 Å². The van der Waals surface area contributed by atoms with Crippen molar-refractivity contribution in [1.82, 2.24) is 19.3 Å². The van der Waals surface area contributed by atoms with Crippen LogP contribution in [0.1, 0.15) is 35.5 Å². The average molecular weight is 430 g/mol.